The molecule has 0 bridgehead atoms. The number of para-hydroxylation sites is 1. The van der Waals surface area contributed by atoms with Crippen molar-refractivity contribution in [2.24, 2.45) is 0 Å². The average molecular weight is 358 g/mol. The summed E-state index contributed by atoms with van der Waals surface area (Å²) < 4.78 is 5.28. The van der Waals surface area contributed by atoms with E-state index in [4.69, 9.17) is 4.74 Å². The molecule has 1 atom stereocenters. The average Bonchev–Trinajstić information content (AvgIpc) is 2.67. The number of anilines is 2. The summed E-state index contributed by atoms with van der Waals surface area (Å²) in [7, 11) is 1.65. The second kappa shape index (κ2) is 6.80. The Labute approximate surface area is 159 Å². The Balaban J connectivity index is 1.86. The van der Waals surface area contributed by atoms with Crippen LogP contribution >= 0.6 is 0 Å². The second-order valence-corrected chi connectivity index (χ2v) is 6.89. The van der Waals surface area contributed by atoms with Crippen LogP contribution in [0.2, 0.25) is 0 Å². The molecule has 4 heteroatoms. The van der Waals surface area contributed by atoms with Crippen molar-refractivity contribution in [2.75, 3.05) is 17.3 Å². The van der Waals surface area contributed by atoms with E-state index in [1.165, 1.54) is 0 Å². The van der Waals surface area contributed by atoms with Gasteiger partial charge in [0.25, 0.3) is 5.91 Å². The van der Waals surface area contributed by atoms with Crippen molar-refractivity contribution < 1.29 is 9.53 Å². The monoisotopic (exact) mass is 358 g/mol. The van der Waals surface area contributed by atoms with Crippen molar-refractivity contribution in [1.29, 1.82) is 0 Å². The van der Waals surface area contributed by atoms with Crippen LogP contribution in [-0.2, 0) is 0 Å². The van der Waals surface area contributed by atoms with Crippen molar-refractivity contribution in [2.45, 2.75) is 20.0 Å². The van der Waals surface area contributed by atoms with Crippen molar-refractivity contribution in [1.82, 2.24) is 0 Å². The van der Waals surface area contributed by atoms with Crippen LogP contribution in [0.3, 0.4) is 0 Å². The Hall–Kier alpha value is -3.27. The molecule has 0 saturated heterocycles. The van der Waals surface area contributed by atoms with Gasteiger partial charge in [-0.25, -0.2) is 0 Å². The summed E-state index contributed by atoms with van der Waals surface area (Å²) in [5, 5.41) is 3.53. The molecule has 1 aliphatic heterocycles. The maximum Gasteiger partial charge on any atom is 0.262 e. The predicted molar refractivity (Wildman–Crippen MR) is 109 cm³/mol. The van der Waals surface area contributed by atoms with Crippen molar-refractivity contribution >= 4 is 17.3 Å². The number of carbonyl (C=O) groups excluding carboxylic acids is 1. The number of nitrogens with zero attached hydrogens (tertiary/aromatic N) is 1. The number of nitrogens with one attached hydrogen (secondary N) is 1. The summed E-state index contributed by atoms with van der Waals surface area (Å²) in [4.78, 5) is 15.2. The lowest BCUT2D eigenvalue weighted by molar-refractivity contribution is 0.0975. The highest BCUT2D eigenvalue weighted by atomic mass is 16.5. The Morgan fingerprint density at radius 3 is 2.26 bits per heavy atom. The number of methoxy groups -OCH3 is 1. The minimum Gasteiger partial charge on any atom is -0.497 e. The van der Waals surface area contributed by atoms with E-state index in [1.54, 1.807) is 7.11 Å². The van der Waals surface area contributed by atoms with Gasteiger partial charge in [-0.05, 0) is 66.9 Å². The van der Waals surface area contributed by atoms with Gasteiger partial charge in [-0.2, -0.15) is 0 Å². The molecule has 1 N–H and O–H groups in total. The van der Waals surface area contributed by atoms with E-state index in [0.717, 1.165) is 33.8 Å². The Kier molecular flexibility index (Phi) is 4.32. The van der Waals surface area contributed by atoms with Crippen molar-refractivity contribution in [3.63, 3.8) is 0 Å². The number of carbonyl (C=O) groups is 1. The smallest absolute Gasteiger partial charge is 0.262 e. The van der Waals surface area contributed by atoms with Gasteiger partial charge in [0.2, 0.25) is 0 Å². The number of fused-ring (bicyclic) bond motifs is 1. The van der Waals surface area contributed by atoms with Crippen LogP contribution in [0.1, 0.15) is 33.2 Å². The van der Waals surface area contributed by atoms with Crippen molar-refractivity contribution in [3.05, 3.63) is 89.0 Å². The number of aryl methyl sites for hydroxylation is 2. The number of benzene rings is 3. The van der Waals surface area contributed by atoms with Gasteiger partial charge in [-0.15, -0.1) is 0 Å². The van der Waals surface area contributed by atoms with E-state index in [2.05, 4.69) is 37.4 Å². The minimum atomic E-state index is -0.292. The SMILES string of the molecule is COc1ccc(C2Nc3ccccc3C(=O)N2c2cc(C)cc(C)c2)cc1. The molecule has 0 radical (unpaired) electrons. The van der Waals surface area contributed by atoms with Crippen LogP contribution in [0.5, 0.6) is 5.75 Å². The van der Waals surface area contributed by atoms with Gasteiger partial charge in [0.1, 0.15) is 11.9 Å². The summed E-state index contributed by atoms with van der Waals surface area (Å²) in [5.74, 6) is 0.786. The lowest BCUT2D eigenvalue weighted by atomic mass is 10.0. The highest BCUT2D eigenvalue weighted by Gasteiger charge is 2.34. The first-order valence-corrected chi connectivity index (χ1v) is 8.98. The third-order valence-electron chi connectivity index (χ3n) is 4.84. The topological polar surface area (TPSA) is 41.6 Å². The van der Waals surface area contributed by atoms with E-state index in [-0.39, 0.29) is 12.1 Å². The quantitative estimate of drug-likeness (QED) is 0.710. The molecule has 0 fully saturated rings. The zero-order valence-corrected chi connectivity index (χ0v) is 15.7. The summed E-state index contributed by atoms with van der Waals surface area (Å²) in [6.07, 6.45) is -0.292. The summed E-state index contributed by atoms with van der Waals surface area (Å²) in [6, 6.07) is 21.7. The minimum absolute atomic E-state index is 0.00447. The van der Waals surface area contributed by atoms with Crippen LogP contribution in [0.25, 0.3) is 0 Å². The Bertz CT molecular complexity index is 975. The highest BCUT2D eigenvalue weighted by molar-refractivity contribution is 6.12. The summed E-state index contributed by atoms with van der Waals surface area (Å²) in [5.41, 5.74) is 5.68. The summed E-state index contributed by atoms with van der Waals surface area (Å²) in [6.45, 7) is 4.10. The predicted octanol–water partition coefficient (Wildman–Crippen LogP) is 5.08. The lowest BCUT2D eigenvalue weighted by Crippen LogP contribution is -2.43. The van der Waals surface area contributed by atoms with Gasteiger partial charge in [0, 0.05) is 11.4 Å². The number of rotatable bonds is 3. The zero-order chi connectivity index (χ0) is 19.0. The molecule has 0 aromatic heterocycles. The fraction of sp³-hybridized carbons (Fsp3) is 0.174. The summed E-state index contributed by atoms with van der Waals surface area (Å²) >= 11 is 0. The largest absolute Gasteiger partial charge is 0.497 e. The van der Waals surface area contributed by atoms with E-state index in [0.29, 0.717) is 5.56 Å². The number of amides is 1. The Morgan fingerprint density at radius 1 is 0.926 bits per heavy atom. The Morgan fingerprint density at radius 2 is 1.59 bits per heavy atom. The van der Waals surface area contributed by atoms with E-state index >= 15 is 0 Å². The molecule has 1 heterocycles. The van der Waals surface area contributed by atoms with E-state index in [1.807, 2.05) is 53.4 Å². The first-order chi connectivity index (χ1) is 13.1. The normalized spacial score (nSPS) is 15.9. The molecule has 27 heavy (non-hydrogen) atoms. The molecular weight excluding hydrogens is 336 g/mol. The van der Waals surface area contributed by atoms with E-state index in [9.17, 15) is 4.79 Å². The molecule has 1 aliphatic rings. The van der Waals surface area contributed by atoms with Crippen LogP contribution in [0, 0.1) is 13.8 Å². The molecule has 1 unspecified atom stereocenters. The van der Waals surface area contributed by atoms with Crippen molar-refractivity contribution in [3.8, 4) is 5.75 Å². The molecule has 1 amide bonds. The number of hydrogen-bond acceptors (Lipinski definition) is 3. The van der Waals surface area contributed by atoms with Gasteiger partial charge >= 0.3 is 0 Å². The third kappa shape index (κ3) is 3.14. The van der Waals surface area contributed by atoms with Crippen LogP contribution in [0.4, 0.5) is 11.4 Å². The molecule has 0 aliphatic carbocycles. The molecule has 3 aromatic carbocycles. The van der Waals surface area contributed by atoms with Gasteiger partial charge in [0.15, 0.2) is 0 Å². The molecule has 3 aromatic rings. The molecular formula is C23H22N2O2. The maximum absolute atomic E-state index is 13.4. The number of ether oxygens (including phenoxy) is 1. The molecule has 4 nitrogen and oxygen atoms in total. The highest BCUT2D eigenvalue weighted by Crippen LogP contribution is 2.37. The van der Waals surface area contributed by atoms with Gasteiger partial charge in [-0.1, -0.05) is 30.3 Å². The molecule has 136 valence electrons. The van der Waals surface area contributed by atoms with E-state index < -0.39 is 0 Å². The molecule has 0 spiro atoms. The third-order valence-corrected chi connectivity index (χ3v) is 4.84. The zero-order valence-electron chi connectivity index (χ0n) is 15.7. The standard InChI is InChI=1S/C23H22N2O2/c1-15-12-16(2)14-18(13-15)25-22(17-8-10-19(27-3)11-9-17)24-21-7-5-4-6-20(21)23(25)26/h4-14,22,24H,1-3H3. The van der Waals surface area contributed by atoms with Gasteiger partial charge < -0.3 is 10.1 Å². The molecule has 4 rings (SSSR count). The molecule has 0 saturated carbocycles. The van der Waals surface area contributed by atoms with Gasteiger partial charge in [0.05, 0.1) is 12.7 Å². The van der Waals surface area contributed by atoms with Crippen LogP contribution in [-0.4, -0.2) is 13.0 Å². The van der Waals surface area contributed by atoms with Crippen LogP contribution < -0.4 is 15.0 Å². The number of hydrogen-bond donors (Lipinski definition) is 1. The first-order valence-electron chi connectivity index (χ1n) is 8.98. The maximum atomic E-state index is 13.4. The fourth-order valence-electron chi connectivity index (χ4n) is 3.63. The lowest BCUT2D eigenvalue weighted by Gasteiger charge is -2.38. The first kappa shape index (κ1) is 17.2. The van der Waals surface area contributed by atoms with Crippen LogP contribution in [0.15, 0.2) is 66.7 Å². The second-order valence-electron chi connectivity index (χ2n) is 6.89. The van der Waals surface area contributed by atoms with Gasteiger partial charge in [-0.3, -0.25) is 9.69 Å². The fourth-order valence-corrected chi connectivity index (χ4v) is 3.63.